The van der Waals surface area contributed by atoms with Crippen molar-refractivity contribution in [2.24, 2.45) is 0 Å². The molecule has 0 amide bonds. The minimum Gasteiger partial charge on any atom is -0.506 e. The summed E-state index contributed by atoms with van der Waals surface area (Å²) in [5, 5.41) is 9.95. The second kappa shape index (κ2) is 8.32. The first kappa shape index (κ1) is 21.0. The predicted molar refractivity (Wildman–Crippen MR) is 103 cm³/mol. The van der Waals surface area contributed by atoms with E-state index in [2.05, 4.69) is 4.98 Å². The number of hydrogen-bond acceptors (Lipinski definition) is 6. The summed E-state index contributed by atoms with van der Waals surface area (Å²) in [5.41, 5.74) is 4.82. The highest BCUT2D eigenvalue weighted by Gasteiger charge is 2.39. The Morgan fingerprint density at radius 2 is 1.93 bits per heavy atom. The molecular weight excluding hydrogens is 401 g/mol. The number of pyridine rings is 1. The molecule has 1 aromatic heterocycles. The topological polar surface area (TPSA) is 94.7 Å². The van der Waals surface area contributed by atoms with Crippen LogP contribution in [0.3, 0.4) is 0 Å². The van der Waals surface area contributed by atoms with E-state index >= 15 is 0 Å². The van der Waals surface area contributed by atoms with Gasteiger partial charge in [-0.05, 0) is 42.8 Å². The quantitative estimate of drug-likeness (QED) is 0.550. The molecule has 0 unspecified atom stereocenters. The SMILES string of the molecule is CC(=O)c1ccc(OCc2cccc(Oc3cc(N)ccn3)c2)c(C(F)(F)F)c1O. The Balaban J connectivity index is 1.82. The van der Waals surface area contributed by atoms with Crippen molar-refractivity contribution in [2.45, 2.75) is 19.7 Å². The molecule has 0 atom stereocenters. The number of benzene rings is 2. The lowest BCUT2D eigenvalue weighted by molar-refractivity contribution is -0.140. The van der Waals surface area contributed by atoms with Crippen LogP contribution in [0.15, 0.2) is 54.7 Å². The van der Waals surface area contributed by atoms with Crippen LogP contribution in [0.2, 0.25) is 0 Å². The van der Waals surface area contributed by atoms with Crippen molar-refractivity contribution in [1.29, 1.82) is 0 Å². The summed E-state index contributed by atoms with van der Waals surface area (Å²) < 4.78 is 51.2. The van der Waals surface area contributed by atoms with Gasteiger partial charge in [-0.15, -0.1) is 0 Å². The van der Waals surface area contributed by atoms with Gasteiger partial charge in [0.1, 0.15) is 29.4 Å². The molecule has 0 aliphatic heterocycles. The molecule has 0 radical (unpaired) electrons. The summed E-state index contributed by atoms with van der Waals surface area (Å²) in [6.45, 7) is 0.833. The first-order valence-electron chi connectivity index (χ1n) is 8.70. The zero-order valence-electron chi connectivity index (χ0n) is 15.7. The fourth-order valence-corrected chi connectivity index (χ4v) is 2.71. The Morgan fingerprint density at radius 3 is 2.60 bits per heavy atom. The lowest BCUT2D eigenvalue weighted by Gasteiger charge is -2.17. The number of ether oxygens (including phenoxy) is 2. The van der Waals surface area contributed by atoms with Gasteiger partial charge in [-0.1, -0.05) is 12.1 Å². The number of nitrogens with zero attached hydrogens (tertiary/aromatic N) is 1. The van der Waals surface area contributed by atoms with Gasteiger partial charge >= 0.3 is 6.18 Å². The Kier molecular flexibility index (Phi) is 5.81. The van der Waals surface area contributed by atoms with Gasteiger partial charge in [0.25, 0.3) is 0 Å². The Hall–Kier alpha value is -3.75. The molecule has 0 saturated carbocycles. The van der Waals surface area contributed by atoms with Gasteiger partial charge in [0.05, 0.1) is 5.56 Å². The predicted octanol–water partition coefficient (Wildman–Crippen LogP) is 4.96. The third-order valence-electron chi connectivity index (χ3n) is 4.08. The number of carbonyl (C=O) groups excluding carboxylic acids is 1. The van der Waals surface area contributed by atoms with Crippen LogP contribution in [-0.4, -0.2) is 15.9 Å². The number of nitrogen functional groups attached to an aromatic ring is 1. The second-order valence-corrected chi connectivity index (χ2v) is 6.35. The summed E-state index contributed by atoms with van der Waals surface area (Å²) in [7, 11) is 0. The Labute approximate surface area is 169 Å². The first-order valence-corrected chi connectivity index (χ1v) is 8.70. The van der Waals surface area contributed by atoms with E-state index in [9.17, 15) is 23.1 Å². The van der Waals surface area contributed by atoms with Crippen molar-refractivity contribution < 1.29 is 32.5 Å². The van der Waals surface area contributed by atoms with Gasteiger partial charge in [-0.3, -0.25) is 4.79 Å². The average molecular weight is 418 g/mol. The molecule has 6 nitrogen and oxygen atoms in total. The molecule has 0 bridgehead atoms. The van der Waals surface area contributed by atoms with E-state index in [0.717, 1.165) is 19.1 Å². The number of phenols is 1. The molecule has 0 saturated heterocycles. The van der Waals surface area contributed by atoms with Crippen LogP contribution in [-0.2, 0) is 12.8 Å². The smallest absolute Gasteiger partial charge is 0.423 e. The number of nitrogens with two attached hydrogens (primary N) is 1. The van der Waals surface area contributed by atoms with Crippen molar-refractivity contribution in [3.63, 3.8) is 0 Å². The summed E-state index contributed by atoms with van der Waals surface area (Å²) in [4.78, 5) is 15.5. The van der Waals surface area contributed by atoms with Crippen molar-refractivity contribution in [1.82, 2.24) is 4.98 Å². The summed E-state index contributed by atoms with van der Waals surface area (Å²) in [6, 6.07) is 11.7. The molecule has 0 aliphatic carbocycles. The number of phenolic OH excluding ortho intramolecular Hbond substituents is 1. The van der Waals surface area contributed by atoms with E-state index in [0.29, 0.717) is 17.0 Å². The van der Waals surface area contributed by atoms with Crippen LogP contribution in [0, 0.1) is 0 Å². The molecular formula is C21H17F3N2O4. The van der Waals surface area contributed by atoms with Crippen LogP contribution < -0.4 is 15.2 Å². The molecule has 9 heteroatoms. The van der Waals surface area contributed by atoms with Gasteiger partial charge < -0.3 is 20.3 Å². The van der Waals surface area contributed by atoms with Gasteiger partial charge in [-0.2, -0.15) is 13.2 Å². The normalized spacial score (nSPS) is 11.2. The van der Waals surface area contributed by atoms with Gasteiger partial charge in [0.2, 0.25) is 5.88 Å². The maximum atomic E-state index is 13.4. The number of anilines is 1. The van der Waals surface area contributed by atoms with E-state index in [4.69, 9.17) is 15.2 Å². The second-order valence-electron chi connectivity index (χ2n) is 6.35. The number of hydrogen-bond donors (Lipinski definition) is 2. The number of aromatic hydroxyl groups is 1. The van der Waals surface area contributed by atoms with Gasteiger partial charge in [-0.25, -0.2) is 4.98 Å². The summed E-state index contributed by atoms with van der Waals surface area (Å²) >= 11 is 0. The third kappa shape index (κ3) is 4.80. The number of halogens is 3. The maximum Gasteiger partial charge on any atom is 0.423 e. The van der Waals surface area contributed by atoms with Crippen LogP contribution >= 0.6 is 0 Å². The number of carbonyl (C=O) groups is 1. The van der Waals surface area contributed by atoms with Crippen LogP contribution in [0.4, 0.5) is 18.9 Å². The molecule has 2 aromatic carbocycles. The highest BCUT2D eigenvalue weighted by Crippen LogP contribution is 2.44. The Bertz CT molecular complexity index is 1080. The largest absolute Gasteiger partial charge is 0.506 e. The molecule has 3 rings (SSSR count). The molecule has 0 spiro atoms. The standard InChI is InChI=1S/C21H17F3N2O4/c1-12(27)16-5-6-17(19(20(16)28)21(22,23)24)29-11-13-3-2-4-15(9-13)30-18-10-14(25)7-8-26-18/h2-10,28H,11H2,1H3,(H2,25,26). The average Bonchev–Trinajstić information content (AvgIpc) is 2.65. The highest BCUT2D eigenvalue weighted by atomic mass is 19.4. The van der Waals surface area contributed by atoms with E-state index < -0.39 is 34.6 Å². The Morgan fingerprint density at radius 1 is 1.17 bits per heavy atom. The van der Waals surface area contributed by atoms with Gasteiger partial charge in [0, 0.05) is 18.0 Å². The first-order chi connectivity index (χ1) is 14.1. The minimum absolute atomic E-state index is 0.233. The van der Waals surface area contributed by atoms with Crippen LogP contribution in [0.1, 0.15) is 28.4 Å². The minimum atomic E-state index is -4.91. The van der Waals surface area contributed by atoms with Gasteiger partial charge in [0.15, 0.2) is 5.78 Å². The number of ketones is 1. The zero-order valence-corrected chi connectivity index (χ0v) is 15.7. The third-order valence-corrected chi connectivity index (χ3v) is 4.08. The summed E-state index contributed by atoms with van der Waals surface area (Å²) in [5.74, 6) is -1.78. The maximum absolute atomic E-state index is 13.4. The van der Waals surface area contributed by atoms with Crippen molar-refractivity contribution in [2.75, 3.05) is 5.73 Å². The van der Waals surface area contributed by atoms with Crippen LogP contribution in [0.25, 0.3) is 0 Å². The molecule has 1 heterocycles. The zero-order chi connectivity index (χ0) is 21.9. The summed E-state index contributed by atoms with van der Waals surface area (Å²) in [6.07, 6.45) is -3.43. The number of aromatic nitrogens is 1. The van der Waals surface area contributed by atoms with E-state index in [-0.39, 0.29) is 12.5 Å². The fourth-order valence-electron chi connectivity index (χ4n) is 2.71. The van der Waals surface area contributed by atoms with E-state index in [1.54, 1.807) is 30.3 Å². The van der Waals surface area contributed by atoms with E-state index in [1.807, 2.05) is 0 Å². The van der Waals surface area contributed by atoms with Crippen LogP contribution in [0.5, 0.6) is 23.1 Å². The monoisotopic (exact) mass is 418 g/mol. The van der Waals surface area contributed by atoms with Crippen molar-refractivity contribution >= 4 is 11.5 Å². The van der Waals surface area contributed by atoms with Crippen molar-refractivity contribution in [3.05, 3.63) is 71.4 Å². The molecule has 3 N–H and O–H groups in total. The van der Waals surface area contributed by atoms with Crippen molar-refractivity contribution in [3.8, 4) is 23.1 Å². The highest BCUT2D eigenvalue weighted by molar-refractivity contribution is 5.97. The molecule has 3 aromatic rings. The van der Waals surface area contributed by atoms with E-state index in [1.165, 1.54) is 12.3 Å². The number of alkyl halides is 3. The lowest BCUT2D eigenvalue weighted by atomic mass is 10.0. The molecule has 0 fully saturated rings. The lowest BCUT2D eigenvalue weighted by Crippen LogP contribution is -2.11. The number of Topliss-reactive ketones (excluding diaryl/α,β-unsaturated/α-hetero) is 1. The number of rotatable bonds is 6. The fraction of sp³-hybridized carbons (Fsp3) is 0.143. The molecule has 156 valence electrons. The molecule has 0 aliphatic rings. The molecule has 30 heavy (non-hydrogen) atoms.